The Morgan fingerprint density at radius 2 is 2.16 bits per heavy atom. The molecule has 106 valence electrons. The van der Waals surface area contributed by atoms with E-state index in [0.29, 0.717) is 12.6 Å². The second kappa shape index (κ2) is 7.46. The van der Waals surface area contributed by atoms with E-state index in [1.165, 1.54) is 24.8 Å². The molecular weight excluding hydrogens is 240 g/mol. The van der Waals surface area contributed by atoms with Crippen molar-refractivity contribution < 1.29 is 9.84 Å². The number of nitrogens with zero attached hydrogens (tertiary/aromatic N) is 2. The highest BCUT2D eigenvalue weighted by atomic mass is 16.5. The third kappa shape index (κ3) is 4.80. The Morgan fingerprint density at radius 1 is 1.37 bits per heavy atom. The smallest absolute Gasteiger partial charge is 0.213 e. The predicted octanol–water partition coefficient (Wildman–Crippen LogP) is 2.22. The van der Waals surface area contributed by atoms with E-state index >= 15 is 0 Å². The number of rotatable bonds is 6. The summed E-state index contributed by atoms with van der Waals surface area (Å²) in [5, 5.41) is 8.91. The molecule has 0 saturated heterocycles. The van der Waals surface area contributed by atoms with Crippen molar-refractivity contribution in [2.75, 3.05) is 20.2 Å². The number of aliphatic hydroxyl groups is 1. The van der Waals surface area contributed by atoms with Crippen LogP contribution >= 0.6 is 0 Å². The monoisotopic (exact) mass is 264 g/mol. The molecule has 0 radical (unpaired) electrons. The Morgan fingerprint density at radius 3 is 2.89 bits per heavy atom. The molecular formula is C15H24N2O2. The Kier molecular flexibility index (Phi) is 5.61. The number of aromatic nitrogens is 1. The normalized spacial score (nSPS) is 16.8. The van der Waals surface area contributed by atoms with E-state index < -0.39 is 0 Å². The van der Waals surface area contributed by atoms with Crippen molar-refractivity contribution in [1.82, 2.24) is 9.88 Å². The summed E-state index contributed by atoms with van der Waals surface area (Å²) in [6, 6.07) is 4.02. The van der Waals surface area contributed by atoms with Crippen molar-refractivity contribution in [3.8, 4) is 5.88 Å². The quantitative estimate of drug-likeness (QED) is 0.855. The van der Waals surface area contributed by atoms with Crippen LogP contribution in [0.25, 0.3) is 0 Å². The fourth-order valence-corrected chi connectivity index (χ4v) is 2.53. The maximum atomic E-state index is 8.91. The second-order valence-electron chi connectivity index (χ2n) is 5.34. The highest BCUT2D eigenvalue weighted by molar-refractivity contribution is 5.20. The first kappa shape index (κ1) is 14.3. The van der Waals surface area contributed by atoms with E-state index in [9.17, 15) is 0 Å². The lowest BCUT2D eigenvalue weighted by Gasteiger charge is -2.22. The molecule has 4 heteroatoms. The van der Waals surface area contributed by atoms with Gasteiger partial charge in [-0.25, -0.2) is 4.98 Å². The summed E-state index contributed by atoms with van der Waals surface area (Å²) in [5.41, 5.74) is 1.18. The maximum absolute atomic E-state index is 8.91. The zero-order valence-corrected chi connectivity index (χ0v) is 11.7. The minimum absolute atomic E-state index is 0.188. The molecule has 1 N–H and O–H groups in total. The van der Waals surface area contributed by atoms with E-state index in [0.717, 1.165) is 25.3 Å². The predicted molar refractivity (Wildman–Crippen MR) is 75.2 cm³/mol. The average molecular weight is 264 g/mol. The van der Waals surface area contributed by atoms with Gasteiger partial charge in [0.15, 0.2) is 0 Å². The summed E-state index contributed by atoms with van der Waals surface area (Å²) in [5.74, 6) is 0.738. The largest absolute Gasteiger partial charge is 0.474 e. The number of likely N-dealkylation sites (N-methyl/N-ethyl adjacent to an activating group) is 1. The molecule has 0 aromatic carbocycles. The summed E-state index contributed by atoms with van der Waals surface area (Å²) >= 11 is 0. The number of pyridine rings is 1. The third-order valence-corrected chi connectivity index (χ3v) is 3.57. The van der Waals surface area contributed by atoms with Gasteiger partial charge in [0.2, 0.25) is 5.88 Å². The SMILES string of the molecule is CN(CCO)Cc1ccnc(OC2CCCCC2)c1. The number of ether oxygens (including phenoxy) is 1. The molecule has 1 saturated carbocycles. The molecule has 1 fully saturated rings. The van der Waals surface area contributed by atoms with Crippen molar-refractivity contribution in [2.45, 2.75) is 44.8 Å². The van der Waals surface area contributed by atoms with E-state index in [1.807, 2.05) is 19.2 Å². The highest BCUT2D eigenvalue weighted by Crippen LogP contribution is 2.22. The molecule has 19 heavy (non-hydrogen) atoms. The van der Waals surface area contributed by atoms with Crippen LogP contribution in [0, 0.1) is 0 Å². The Labute approximate surface area is 115 Å². The van der Waals surface area contributed by atoms with Gasteiger partial charge >= 0.3 is 0 Å². The zero-order valence-electron chi connectivity index (χ0n) is 11.7. The van der Waals surface area contributed by atoms with E-state index in [2.05, 4.69) is 9.88 Å². The summed E-state index contributed by atoms with van der Waals surface area (Å²) in [4.78, 5) is 6.38. The molecule has 1 heterocycles. The molecule has 0 aliphatic heterocycles. The molecule has 1 aliphatic rings. The van der Waals surface area contributed by atoms with Crippen molar-refractivity contribution >= 4 is 0 Å². The minimum atomic E-state index is 0.188. The van der Waals surface area contributed by atoms with Gasteiger partial charge in [0.25, 0.3) is 0 Å². The Balaban J connectivity index is 1.90. The highest BCUT2D eigenvalue weighted by Gasteiger charge is 2.15. The van der Waals surface area contributed by atoms with Gasteiger partial charge in [-0.15, -0.1) is 0 Å². The summed E-state index contributed by atoms with van der Waals surface area (Å²) in [7, 11) is 2.00. The van der Waals surface area contributed by atoms with Gasteiger partial charge in [-0.2, -0.15) is 0 Å². The van der Waals surface area contributed by atoms with Gasteiger partial charge in [0.05, 0.1) is 6.61 Å². The molecule has 0 bridgehead atoms. The van der Waals surface area contributed by atoms with Crippen LogP contribution in [0.3, 0.4) is 0 Å². The van der Waals surface area contributed by atoms with Crippen LogP contribution in [0.5, 0.6) is 5.88 Å². The van der Waals surface area contributed by atoms with Gasteiger partial charge < -0.3 is 9.84 Å². The van der Waals surface area contributed by atoms with Crippen LogP contribution in [0.4, 0.5) is 0 Å². The van der Waals surface area contributed by atoms with Crippen molar-refractivity contribution in [1.29, 1.82) is 0 Å². The van der Waals surface area contributed by atoms with E-state index in [4.69, 9.17) is 9.84 Å². The number of hydrogen-bond acceptors (Lipinski definition) is 4. The van der Waals surface area contributed by atoms with Crippen LogP contribution in [-0.2, 0) is 6.54 Å². The number of aliphatic hydroxyl groups excluding tert-OH is 1. The molecule has 2 rings (SSSR count). The van der Waals surface area contributed by atoms with Crippen molar-refractivity contribution in [3.63, 3.8) is 0 Å². The lowest BCUT2D eigenvalue weighted by atomic mass is 9.98. The average Bonchev–Trinajstić information content (AvgIpc) is 2.40. The molecule has 1 aliphatic carbocycles. The standard InChI is InChI=1S/C15H24N2O2/c1-17(9-10-18)12-13-7-8-16-15(11-13)19-14-5-3-2-4-6-14/h7-8,11,14,18H,2-6,9-10,12H2,1H3. The fourth-order valence-electron chi connectivity index (χ4n) is 2.53. The van der Waals surface area contributed by atoms with Crippen LogP contribution in [-0.4, -0.2) is 41.3 Å². The van der Waals surface area contributed by atoms with Crippen LogP contribution in [0.15, 0.2) is 18.3 Å². The molecule has 4 nitrogen and oxygen atoms in total. The Hall–Kier alpha value is -1.13. The molecule has 0 amide bonds. The van der Waals surface area contributed by atoms with Gasteiger partial charge in [-0.3, -0.25) is 4.90 Å². The second-order valence-corrected chi connectivity index (χ2v) is 5.34. The molecule has 0 spiro atoms. The third-order valence-electron chi connectivity index (χ3n) is 3.57. The lowest BCUT2D eigenvalue weighted by Crippen LogP contribution is -2.22. The minimum Gasteiger partial charge on any atom is -0.474 e. The van der Waals surface area contributed by atoms with Crippen LogP contribution in [0.1, 0.15) is 37.7 Å². The number of hydrogen-bond donors (Lipinski definition) is 1. The summed E-state index contributed by atoms with van der Waals surface area (Å²) in [6.07, 6.45) is 8.31. The summed E-state index contributed by atoms with van der Waals surface area (Å²) < 4.78 is 5.96. The van der Waals surface area contributed by atoms with Crippen LogP contribution in [0.2, 0.25) is 0 Å². The van der Waals surface area contributed by atoms with E-state index in [1.54, 1.807) is 6.20 Å². The zero-order chi connectivity index (χ0) is 13.5. The van der Waals surface area contributed by atoms with Crippen molar-refractivity contribution in [3.05, 3.63) is 23.9 Å². The van der Waals surface area contributed by atoms with Gasteiger partial charge in [0, 0.05) is 25.4 Å². The molecule has 0 unspecified atom stereocenters. The maximum Gasteiger partial charge on any atom is 0.213 e. The first-order chi connectivity index (χ1) is 9.28. The fraction of sp³-hybridized carbons (Fsp3) is 0.667. The first-order valence-corrected chi connectivity index (χ1v) is 7.19. The van der Waals surface area contributed by atoms with Gasteiger partial charge in [-0.1, -0.05) is 6.42 Å². The van der Waals surface area contributed by atoms with E-state index in [-0.39, 0.29) is 6.61 Å². The summed E-state index contributed by atoms with van der Waals surface area (Å²) in [6.45, 7) is 1.68. The Bertz CT molecular complexity index is 378. The molecule has 1 aromatic heterocycles. The van der Waals surface area contributed by atoms with Gasteiger partial charge in [-0.05, 0) is 44.4 Å². The van der Waals surface area contributed by atoms with Gasteiger partial charge in [0.1, 0.15) is 6.10 Å². The lowest BCUT2D eigenvalue weighted by molar-refractivity contribution is 0.148. The topological polar surface area (TPSA) is 45.6 Å². The molecule has 0 atom stereocenters. The molecule has 1 aromatic rings. The van der Waals surface area contributed by atoms with Crippen LogP contribution < -0.4 is 4.74 Å². The first-order valence-electron chi connectivity index (χ1n) is 7.19. The van der Waals surface area contributed by atoms with Crippen molar-refractivity contribution in [2.24, 2.45) is 0 Å².